The van der Waals surface area contributed by atoms with E-state index in [1.165, 1.54) is 51.4 Å². The lowest BCUT2D eigenvalue weighted by atomic mass is 9.99. The van der Waals surface area contributed by atoms with Crippen LogP contribution in [0.25, 0.3) is 0 Å². The van der Waals surface area contributed by atoms with Crippen molar-refractivity contribution in [2.45, 2.75) is 103 Å². The summed E-state index contributed by atoms with van der Waals surface area (Å²) >= 11 is 0. The van der Waals surface area contributed by atoms with Crippen LogP contribution in [0.4, 0.5) is 0 Å². The summed E-state index contributed by atoms with van der Waals surface area (Å²) in [6.07, 6.45) is 12.3. The van der Waals surface area contributed by atoms with E-state index in [0.717, 1.165) is 25.2 Å². The molecule has 0 aromatic heterocycles. The zero-order valence-electron chi connectivity index (χ0n) is 21.2. The molecule has 10 nitrogen and oxygen atoms in total. The van der Waals surface area contributed by atoms with Gasteiger partial charge in [-0.1, -0.05) is 78.1 Å². The summed E-state index contributed by atoms with van der Waals surface area (Å²) in [5, 5.41) is 18.5. The van der Waals surface area contributed by atoms with Crippen LogP contribution >= 0.6 is 7.82 Å². The fourth-order valence-electron chi connectivity index (χ4n) is 3.25. The van der Waals surface area contributed by atoms with Crippen LogP contribution < -0.4 is 5.73 Å². The summed E-state index contributed by atoms with van der Waals surface area (Å²) in [6, 6.07) is -1.45. The smallest absolute Gasteiger partial charge is 0.472 e. The van der Waals surface area contributed by atoms with Gasteiger partial charge in [-0.15, -0.1) is 0 Å². The minimum absolute atomic E-state index is 0.0848. The number of rotatable bonds is 24. The molecule has 0 aliphatic rings. The minimum atomic E-state index is -4.52. The molecule has 0 saturated carbocycles. The van der Waals surface area contributed by atoms with Crippen molar-refractivity contribution in [3.63, 3.8) is 0 Å². The van der Waals surface area contributed by atoms with Crippen molar-refractivity contribution in [2.24, 2.45) is 11.7 Å². The van der Waals surface area contributed by atoms with Crippen molar-refractivity contribution in [1.82, 2.24) is 0 Å². The predicted octanol–water partition coefficient (Wildman–Crippen LogP) is 3.87. The van der Waals surface area contributed by atoms with Crippen molar-refractivity contribution in [3.05, 3.63) is 0 Å². The molecule has 0 rings (SSSR count). The average molecular weight is 514 g/mol. The second-order valence-electron chi connectivity index (χ2n) is 8.97. The van der Waals surface area contributed by atoms with Crippen LogP contribution in [0.1, 0.15) is 84.5 Å². The van der Waals surface area contributed by atoms with Crippen LogP contribution in [-0.4, -0.2) is 72.9 Å². The Hall–Kier alpha value is -0.580. The number of hydrogen-bond acceptors (Lipinski definition) is 8. The molecule has 0 heterocycles. The highest BCUT2D eigenvalue weighted by atomic mass is 31.2. The van der Waals surface area contributed by atoms with Crippen LogP contribution in [0.5, 0.6) is 0 Å². The topological polar surface area (TPSA) is 158 Å². The normalized spacial score (nSPS) is 17.1. The fourth-order valence-corrected chi connectivity index (χ4v) is 4.03. The minimum Gasteiger partial charge on any atom is -0.480 e. The van der Waals surface area contributed by atoms with E-state index in [2.05, 4.69) is 22.9 Å². The second kappa shape index (κ2) is 20.6. The van der Waals surface area contributed by atoms with Crippen molar-refractivity contribution in [3.8, 4) is 0 Å². The first-order valence-corrected chi connectivity index (χ1v) is 14.0. The molecular weight excluding hydrogens is 465 g/mol. The Labute approximate surface area is 205 Å². The first-order chi connectivity index (χ1) is 16.1. The van der Waals surface area contributed by atoms with E-state index in [1.807, 2.05) is 0 Å². The number of phosphoric ester groups is 1. The molecule has 0 aliphatic carbocycles. The Morgan fingerprint density at radius 2 is 1.44 bits per heavy atom. The van der Waals surface area contributed by atoms with Gasteiger partial charge in [-0.3, -0.25) is 13.8 Å². The van der Waals surface area contributed by atoms with Crippen molar-refractivity contribution < 1.29 is 43.0 Å². The van der Waals surface area contributed by atoms with E-state index in [0.29, 0.717) is 6.61 Å². The molecule has 11 heteroatoms. The zero-order valence-corrected chi connectivity index (χ0v) is 22.1. The van der Waals surface area contributed by atoms with E-state index in [9.17, 15) is 19.4 Å². The molecule has 0 bridgehead atoms. The summed E-state index contributed by atoms with van der Waals surface area (Å²) in [6.45, 7) is 3.57. The quantitative estimate of drug-likeness (QED) is 0.110. The standard InChI is InChI=1S/C23H48NO9P/c1-4-19(2)13-11-9-7-5-6-8-10-12-14-21(30-3)17-31-15-20(25)16-32-34(28,29)33-18-22(24)23(26)27/h19-22,25H,4-18,24H2,1-3H3,(H,26,27)(H,28,29). The lowest BCUT2D eigenvalue weighted by Gasteiger charge is -2.18. The number of carboxylic acids is 1. The maximum Gasteiger partial charge on any atom is 0.472 e. The Morgan fingerprint density at radius 1 is 0.912 bits per heavy atom. The fraction of sp³-hybridized carbons (Fsp3) is 0.957. The summed E-state index contributed by atoms with van der Waals surface area (Å²) in [4.78, 5) is 20.1. The first kappa shape index (κ1) is 33.4. The molecule has 34 heavy (non-hydrogen) atoms. The van der Waals surface area contributed by atoms with E-state index in [-0.39, 0.29) is 12.7 Å². The number of carbonyl (C=O) groups is 1. The third kappa shape index (κ3) is 19.7. The van der Waals surface area contributed by atoms with Crippen molar-refractivity contribution in [1.29, 1.82) is 0 Å². The lowest BCUT2D eigenvalue weighted by molar-refractivity contribution is -0.139. The second-order valence-corrected chi connectivity index (χ2v) is 10.4. The van der Waals surface area contributed by atoms with Gasteiger partial charge in [0.15, 0.2) is 0 Å². The summed E-state index contributed by atoms with van der Waals surface area (Å²) in [5.41, 5.74) is 5.19. The van der Waals surface area contributed by atoms with Gasteiger partial charge in [-0.25, -0.2) is 4.57 Å². The number of hydrogen-bond donors (Lipinski definition) is 4. The number of carboxylic acid groups (broad SMARTS) is 1. The molecule has 5 unspecified atom stereocenters. The van der Waals surface area contributed by atoms with Gasteiger partial charge in [0, 0.05) is 7.11 Å². The Kier molecular flexibility index (Phi) is 20.2. The zero-order chi connectivity index (χ0) is 25.8. The molecule has 0 aliphatic heterocycles. The van der Waals surface area contributed by atoms with E-state index >= 15 is 0 Å². The van der Waals surface area contributed by atoms with E-state index in [1.54, 1.807) is 7.11 Å². The third-order valence-corrected chi connectivity index (χ3v) is 6.73. The highest BCUT2D eigenvalue weighted by molar-refractivity contribution is 7.47. The number of phosphoric acid groups is 1. The van der Waals surface area contributed by atoms with Gasteiger partial charge in [0.1, 0.15) is 12.1 Å². The van der Waals surface area contributed by atoms with E-state index < -0.39 is 39.2 Å². The first-order valence-electron chi connectivity index (χ1n) is 12.5. The third-order valence-electron chi connectivity index (χ3n) is 5.78. The van der Waals surface area contributed by atoms with Gasteiger partial charge < -0.3 is 30.3 Å². The molecule has 0 amide bonds. The highest BCUT2D eigenvalue weighted by Crippen LogP contribution is 2.43. The number of methoxy groups -OCH3 is 1. The monoisotopic (exact) mass is 513 g/mol. The molecular formula is C23H48NO9P. The number of aliphatic hydroxyl groups excluding tert-OH is 1. The Balaban J connectivity index is 3.76. The molecule has 0 saturated heterocycles. The summed E-state index contributed by atoms with van der Waals surface area (Å²) in [5.74, 6) is -0.520. The predicted molar refractivity (Wildman–Crippen MR) is 131 cm³/mol. The SMILES string of the molecule is CCC(C)CCCCCCCCCCC(COCC(O)COP(=O)(O)OCC(N)C(=O)O)OC. The van der Waals surface area contributed by atoms with Gasteiger partial charge in [-0.2, -0.15) is 0 Å². The summed E-state index contributed by atoms with van der Waals surface area (Å²) < 4.78 is 31.6. The Bertz CT molecular complexity index is 553. The number of aliphatic hydroxyl groups is 1. The molecule has 5 atom stereocenters. The molecule has 0 radical (unpaired) electrons. The van der Waals surface area contributed by atoms with Crippen LogP contribution in [-0.2, 0) is 27.9 Å². The van der Waals surface area contributed by atoms with Gasteiger partial charge >= 0.3 is 13.8 Å². The number of nitrogens with two attached hydrogens (primary N) is 1. The van der Waals surface area contributed by atoms with Crippen LogP contribution in [0, 0.1) is 5.92 Å². The number of unbranched alkanes of at least 4 members (excludes halogenated alkanes) is 7. The molecule has 5 N–H and O–H groups in total. The molecule has 204 valence electrons. The largest absolute Gasteiger partial charge is 0.480 e. The number of ether oxygens (including phenoxy) is 2. The van der Waals surface area contributed by atoms with Crippen LogP contribution in [0.15, 0.2) is 0 Å². The maximum absolute atomic E-state index is 11.7. The van der Waals surface area contributed by atoms with Crippen molar-refractivity contribution in [2.75, 3.05) is 33.5 Å². The number of aliphatic carboxylic acids is 1. The Morgan fingerprint density at radius 3 is 1.97 bits per heavy atom. The lowest BCUT2D eigenvalue weighted by Crippen LogP contribution is -2.34. The van der Waals surface area contributed by atoms with E-state index in [4.69, 9.17) is 20.3 Å². The molecule has 0 aromatic rings. The highest BCUT2D eigenvalue weighted by Gasteiger charge is 2.25. The van der Waals surface area contributed by atoms with Gasteiger partial charge in [0.2, 0.25) is 0 Å². The molecule has 0 aromatic carbocycles. The maximum atomic E-state index is 11.7. The summed E-state index contributed by atoms with van der Waals surface area (Å²) in [7, 11) is -2.90. The van der Waals surface area contributed by atoms with Gasteiger partial charge in [0.25, 0.3) is 0 Å². The molecule has 0 spiro atoms. The van der Waals surface area contributed by atoms with Crippen LogP contribution in [0.2, 0.25) is 0 Å². The van der Waals surface area contributed by atoms with Gasteiger partial charge in [-0.05, 0) is 12.3 Å². The van der Waals surface area contributed by atoms with Gasteiger partial charge in [0.05, 0.1) is 32.5 Å². The molecule has 0 fully saturated rings. The van der Waals surface area contributed by atoms with Crippen LogP contribution in [0.3, 0.4) is 0 Å². The average Bonchev–Trinajstić information content (AvgIpc) is 2.80. The van der Waals surface area contributed by atoms with Crippen molar-refractivity contribution >= 4 is 13.8 Å².